The molecule has 0 aliphatic heterocycles. The highest BCUT2D eigenvalue weighted by molar-refractivity contribution is 7.80. The largest absolute Gasteiger partial charge is 0.307 e. The van der Waals surface area contributed by atoms with Gasteiger partial charge in [-0.2, -0.15) is 12.6 Å². The topological polar surface area (TPSA) is 12.0 Å². The van der Waals surface area contributed by atoms with Crippen molar-refractivity contribution in [1.82, 2.24) is 5.32 Å². The molecule has 1 N–H and O–H groups in total. The van der Waals surface area contributed by atoms with Crippen LogP contribution in [0.4, 0.5) is 0 Å². The molecule has 0 rings (SSSR count). The second-order valence-electron chi connectivity index (χ2n) is 9.13. The smallest absolute Gasteiger partial charge is 0.0135 e. The number of thiol groups is 1. The van der Waals surface area contributed by atoms with Crippen LogP contribution in [-0.2, 0) is 0 Å². The fraction of sp³-hybridized carbons (Fsp3) is 1.00. The van der Waals surface area contributed by atoms with E-state index in [1.807, 2.05) is 0 Å². The Morgan fingerprint density at radius 1 is 0.722 bits per heavy atom. The van der Waals surface area contributed by atoms with Gasteiger partial charge in [-0.25, -0.2) is 0 Å². The van der Waals surface area contributed by atoms with Crippen LogP contribution in [0.1, 0.15) is 75.2 Å². The molecule has 0 radical (unpaired) electrons. The summed E-state index contributed by atoms with van der Waals surface area (Å²) in [6, 6.07) is 0. The maximum Gasteiger partial charge on any atom is 0.0135 e. The summed E-state index contributed by atoms with van der Waals surface area (Å²) in [5.74, 6) is 0.928. The average Bonchev–Trinajstić information content (AvgIpc) is 1.93. The third-order valence-electron chi connectivity index (χ3n) is 3.00. The van der Waals surface area contributed by atoms with Crippen LogP contribution in [0.25, 0.3) is 0 Å². The Kier molecular flexibility index (Phi) is 5.84. The summed E-state index contributed by atoms with van der Waals surface area (Å²) >= 11 is 4.47. The molecular formula is C16H35NS. The van der Waals surface area contributed by atoms with E-state index in [-0.39, 0.29) is 16.5 Å². The van der Waals surface area contributed by atoms with E-state index >= 15 is 0 Å². The van der Waals surface area contributed by atoms with Crippen LogP contribution in [-0.4, -0.2) is 16.8 Å². The van der Waals surface area contributed by atoms with E-state index in [1.54, 1.807) is 0 Å². The van der Waals surface area contributed by atoms with Crippen molar-refractivity contribution in [3.8, 4) is 0 Å². The van der Waals surface area contributed by atoms with Crippen LogP contribution in [0.5, 0.6) is 0 Å². The van der Waals surface area contributed by atoms with Gasteiger partial charge in [0.15, 0.2) is 0 Å². The second kappa shape index (κ2) is 5.75. The molecule has 0 bridgehead atoms. The maximum atomic E-state index is 4.47. The molecule has 1 nitrogen and oxygen atoms in total. The van der Waals surface area contributed by atoms with E-state index in [4.69, 9.17) is 0 Å². The van der Waals surface area contributed by atoms with Crippen LogP contribution in [0.3, 0.4) is 0 Å². The minimum absolute atomic E-state index is 0.140. The van der Waals surface area contributed by atoms with Crippen LogP contribution in [0.15, 0.2) is 0 Å². The van der Waals surface area contributed by atoms with Crippen molar-refractivity contribution < 1.29 is 0 Å². The lowest BCUT2D eigenvalue weighted by Crippen LogP contribution is -2.55. The molecule has 0 aliphatic rings. The summed E-state index contributed by atoms with van der Waals surface area (Å²) in [7, 11) is 0. The Labute approximate surface area is 121 Å². The number of hydrogen-bond donors (Lipinski definition) is 2. The van der Waals surface area contributed by atoms with Gasteiger partial charge in [0.2, 0.25) is 0 Å². The van der Waals surface area contributed by atoms with E-state index in [9.17, 15) is 0 Å². The molecule has 0 aliphatic carbocycles. The molecule has 0 heterocycles. The SMILES string of the molecule is CC(C)(C)CC(C)(C)NC(C)(C)CC(C)(C)CS. The van der Waals surface area contributed by atoms with E-state index in [0.717, 1.165) is 12.2 Å². The Balaban J connectivity index is 4.66. The Hall–Kier alpha value is 0.310. The first-order chi connectivity index (χ1) is 7.68. The lowest BCUT2D eigenvalue weighted by molar-refractivity contribution is 0.156. The van der Waals surface area contributed by atoms with Crippen molar-refractivity contribution in [1.29, 1.82) is 0 Å². The minimum Gasteiger partial charge on any atom is -0.307 e. The quantitative estimate of drug-likeness (QED) is 0.655. The van der Waals surface area contributed by atoms with Crippen LogP contribution >= 0.6 is 12.6 Å². The summed E-state index contributed by atoms with van der Waals surface area (Å²) in [5.41, 5.74) is 0.929. The van der Waals surface area contributed by atoms with Crippen molar-refractivity contribution >= 4 is 12.6 Å². The molecule has 0 atom stereocenters. The summed E-state index contributed by atoms with van der Waals surface area (Å²) in [4.78, 5) is 0. The zero-order chi connectivity index (χ0) is 14.8. The van der Waals surface area contributed by atoms with Crippen molar-refractivity contribution in [3.05, 3.63) is 0 Å². The summed E-state index contributed by atoms with van der Waals surface area (Å²) in [6.07, 6.45) is 2.31. The van der Waals surface area contributed by atoms with Gasteiger partial charge in [0.25, 0.3) is 0 Å². The van der Waals surface area contributed by atoms with Crippen molar-refractivity contribution in [2.24, 2.45) is 10.8 Å². The third kappa shape index (κ3) is 8.42. The first kappa shape index (κ1) is 18.3. The zero-order valence-corrected chi connectivity index (χ0v) is 15.0. The van der Waals surface area contributed by atoms with Gasteiger partial charge < -0.3 is 5.32 Å². The van der Waals surface area contributed by atoms with Gasteiger partial charge in [-0.15, -0.1) is 0 Å². The molecule has 0 unspecified atom stereocenters. The molecule has 2 heteroatoms. The summed E-state index contributed by atoms with van der Waals surface area (Å²) in [5, 5.41) is 3.85. The van der Waals surface area contributed by atoms with Crippen molar-refractivity contribution in [2.45, 2.75) is 86.2 Å². The van der Waals surface area contributed by atoms with E-state index < -0.39 is 0 Å². The molecule has 0 saturated heterocycles. The molecule has 0 spiro atoms. The maximum absolute atomic E-state index is 4.47. The van der Waals surface area contributed by atoms with Gasteiger partial charge in [0.1, 0.15) is 0 Å². The molecule has 0 aromatic carbocycles. The number of hydrogen-bond acceptors (Lipinski definition) is 2. The third-order valence-corrected chi connectivity index (χ3v) is 3.85. The predicted octanol–water partition coefficient (Wildman–Crippen LogP) is 4.92. The monoisotopic (exact) mass is 273 g/mol. The lowest BCUT2D eigenvalue weighted by atomic mass is 9.77. The van der Waals surface area contributed by atoms with E-state index in [0.29, 0.717) is 5.41 Å². The fourth-order valence-electron chi connectivity index (χ4n) is 3.58. The Bertz CT molecular complexity index is 259. The highest BCUT2D eigenvalue weighted by Crippen LogP contribution is 2.33. The predicted molar refractivity (Wildman–Crippen MR) is 87.6 cm³/mol. The van der Waals surface area contributed by atoms with E-state index in [2.05, 4.69) is 80.3 Å². The highest BCUT2D eigenvalue weighted by Gasteiger charge is 2.34. The fourth-order valence-corrected chi connectivity index (χ4v) is 3.69. The number of rotatable bonds is 6. The lowest BCUT2D eigenvalue weighted by Gasteiger charge is -2.43. The summed E-state index contributed by atoms with van der Waals surface area (Å²) < 4.78 is 0. The molecule has 0 aromatic heterocycles. The first-order valence-corrected chi connectivity index (χ1v) is 7.72. The second-order valence-corrected chi connectivity index (χ2v) is 9.45. The van der Waals surface area contributed by atoms with Crippen LogP contribution in [0, 0.1) is 10.8 Å². The average molecular weight is 274 g/mol. The van der Waals surface area contributed by atoms with Crippen molar-refractivity contribution in [3.63, 3.8) is 0 Å². The minimum atomic E-state index is 0.140. The molecular weight excluding hydrogens is 238 g/mol. The van der Waals surface area contributed by atoms with Gasteiger partial charge >= 0.3 is 0 Å². The normalized spacial score (nSPS) is 15.0. The van der Waals surface area contributed by atoms with Crippen LogP contribution in [0.2, 0.25) is 0 Å². The zero-order valence-electron chi connectivity index (χ0n) is 14.1. The molecule has 0 amide bonds. The van der Waals surface area contributed by atoms with Crippen LogP contribution < -0.4 is 5.32 Å². The molecule has 0 fully saturated rings. The van der Waals surface area contributed by atoms with Gasteiger partial charge in [-0.3, -0.25) is 0 Å². The molecule has 18 heavy (non-hydrogen) atoms. The van der Waals surface area contributed by atoms with E-state index in [1.165, 1.54) is 6.42 Å². The van der Waals surface area contributed by atoms with Crippen molar-refractivity contribution in [2.75, 3.05) is 5.75 Å². The highest BCUT2D eigenvalue weighted by atomic mass is 32.1. The molecule has 0 saturated carbocycles. The Morgan fingerprint density at radius 2 is 1.11 bits per heavy atom. The summed E-state index contributed by atoms with van der Waals surface area (Å²) in [6.45, 7) is 20.7. The van der Waals surface area contributed by atoms with Gasteiger partial charge in [0.05, 0.1) is 0 Å². The Morgan fingerprint density at radius 3 is 1.44 bits per heavy atom. The van der Waals surface area contributed by atoms with Gasteiger partial charge in [-0.05, 0) is 57.1 Å². The van der Waals surface area contributed by atoms with Gasteiger partial charge in [0, 0.05) is 11.1 Å². The molecule has 110 valence electrons. The first-order valence-electron chi connectivity index (χ1n) is 7.08. The molecule has 0 aromatic rings. The number of nitrogens with one attached hydrogen (secondary N) is 1. The van der Waals surface area contributed by atoms with Gasteiger partial charge in [-0.1, -0.05) is 34.6 Å². The standard InChI is InChI=1S/C16H35NS/c1-13(2,3)10-15(6,7)17-16(8,9)11-14(4,5)12-18/h17-18H,10-12H2,1-9H3.